The Hall–Kier alpha value is -3.09. The van der Waals surface area contributed by atoms with Gasteiger partial charge in [-0.05, 0) is 91.7 Å². The highest BCUT2D eigenvalue weighted by molar-refractivity contribution is 8.15. The van der Waals surface area contributed by atoms with Crippen LogP contribution in [0, 0.1) is 12.7 Å². The molecule has 27 heteroatoms. The molecule has 0 saturated heterocycles. The van der Waals surface area contributed by atoms with Gasteiger partial charge in [-0.3, -0.25) is 0 Å². The highest BCUT2D eigenvalue weighted by atomic mass is 35.7. The molecule has 0 heterocycles. The molecule has 5 aromatic rings. The van der Waals surface area contributed by atoms with Crippen molar-refractivity contribution in [2.45, 2.75) is 50.9 Å². The van der Waals surface area contributed by atoms with Crippen molar-refractivity contribution in [1.82, 2.24) is 0 Å². The number of rotatable bonds is 8. The minimum Gasteiger partial charge on any atom is -0.493 e. The van der Waals surface area contributed by atoms with Gasteiger partial charge >= 0.3 is 6.18 Å². The van der Waals surface area contributed by atoms with E-state index in [0.29, 0.717) is 17.6 Å². The van der Waals surface area contributed by atoms with E-state index in [4.69, 9.17) is 74.5 Å². The number of alkyl halides is 3. The topological polar surface area (TPSA) is 189 Å². The van der Waals surface area contributed by atoms with Gasteiger partial charge in [0.1, 0.15) is 5.82 Å². The molecule has 0 bridgehead atoms. The molecule has 0 aromatic heterocycles. The average Bonchev–Trinajstić information content (AvgIpc) is 3.18. The molecule has 0 aliphatic rings. The first-order chi connectivity index (χ1) is 28.6. The van der Waals surface area contributed by atoms with Crippen LogP contribution in [-0.4, -0.2) is 56.3 Å². The Bertz CT molecular complexity index is 2890. The van der Waals surface area contributed by atoms with Gasteiger partial charge in [0.25, 0.3) is 45.3 Å². The fourth-order valence-corrected chi connectivity index (χ4v) is 8.13. The van der Waals surface area contributed by atoms with E-state index in [1.165, 1.54) is 56.7 Å². The maximum Gasteiger partial charge on any atom is 0.416 e. The van der Waals surface area contributed by atoms with E-state index in [0.717, 1.165) is 53.9 Å². The van der Waals surface area contributed by atoms with Crippen molar-refractivity contribution < 1.29 is 69.1 Å². The molecule has 0 aliphatic carbocycles. The van der Waals surface area contributed by atoms with E-state index >= 15 is 0 Å². The first kappa shape index (κ1) is 57.9. The van der Waals surface area contributed by atoms with E-state index in [-0.39, 0.29) is 24.6 Å². The lowest BCUT2D eigenvalue weighted by atomic mass is 10.2. The van der Waals surface area contributed by atoms with E-state index < -0.39 is 67.7 Å². The van der Waals surface area contributed by atoms with Crippen LogP contribution >= 0.6 is 65.0 Å². The summed E-state index contributed by atoms with van der Waals surface area (Å²) in [4.78, 5) is -0.493. The highest BCUT2D eigenvalue weighted by Crippen LogP contribution is 2.32. The third-order valence-electron chi connectivity index (χ3n) is 7.17. The maximum atomic E-state index is 12.5. The fraction of sp³-hybridized carbons (Fsp3) is 0.167. The lowest BCUT2D eigenvalue weighted by Crippen LogP contribution is -2.05. The Labute approximate surface area is 389 Å². The Balaban J connectivity index is 0.000000395. The largest absolute Gasteiger partial charge is 0.493 e. The normalized spacial score (nSPS) is 11.7. The zero-order valence-corrected chi connectivity index (χ0v) is 40.9. The summed E-state index contributed by atoms with van der Waals surface area (Å²) in [6.07, 6.45) is -3.68. The lowest BCUT2D eigenvalue weighted by Gasteiger charge is -2.07. The summed E-state index contributed by atoms with van der Waals surface area (Å²) in [6, 6.07) is 23.2. The molecule has 5 aromatic carbocycles. The highest BCUT2D eigenvalue weighted by Gasteiger charge is 2.31. The van der Waals surface area contributed by atoms with Gasteiger partial charge in [-0.1, -0.05) is 54.4 Å². The fourth-order valence-electron chi connectivity index (χ4n) is 4.01. The van der Waals surface area contributed by atoms with Gasteiger partial charge in [-0.2, -0.15) is 13.2 Å². The summed E-state index contributed by atoms with van der Waals surface area (Å²) >= 11 is 5.32. The minimum absolute atomic E-state index is 0.0168. The third-order valence-corrected chi connectivity index (χ3v) is 14.3. The Morgan fingerprint density at radius 3 is 1.27 bits per heavy atom. The number of hydrogen-bond donors (Lipinski definition) is 0. The first-order valence-electron chi connectivity index (χ1n) is 16.4. The summed E-state index contributed by atoms with van der Waals surface area (Å²) in [5.41, 5.74) is 1.06. The van der Waals surface area contributed by atoms with Crippen molar-refractivity contribution in [3.8, 4) is 11.5 Å². The number of methoxy groups -OCH3 is 2. The molecule has 0 amide bonds. The first-order valence-corrected chi connectivity index (χ1v) is 28.3. The van der Waals surface area contributed by atoms with Crippen LogP contribution in [0.2, 0.25) is 5.02 Å². The summed E-state index contributed by atoms with van der Waals surface area (Å²) in [6.45, 7) is 3.88. The number of ether oxygens (including phenoxy) is 2. The van der Waals surface area contributed by atoms with E-state index in [1.807, 2.05) is 13.8 Å². The summed E-state index contributed by atoms with van der Waals surface area (Å²) < 4.78 is 166. The molecule has 0 aliphatic heterocycles. The zero-order chi connectivity index (χ0) is 48.8. The van der Waals surface area contributed by atoms with E-state index in [1.54, 1.807) is 24.3 Å². The summed E-state index contributed by atoms with van der Waals surface area (Å²) in [5.74, 6) is 0.103. The van der Waals surface area contributed by atoms with Crippen molar-refractivity contribution in [2.75, 3.05) is 14.2 Å². The second-order valence-corrected chi connectivity index (χ2v) is 24.9. The van der Waals surface area contributed by atoms with Crippen molar-refractivity contribution in [3.63, 3.8) is 0 Å². The Morgan fingerprint density at radius 2 is 0.889 bits per heavy atom. The van der Waals surface area contributed by atoms with Crippen molar-refractivity contribution in [3.05, 3.63) is 137 Å². The molecule has 0 spiro atoms. The van der Waals surface area contributed by atoms with E-state index in [9.17, 15) is 59.7 Å². The Kier molecular flexibility index (Phi) is 22.5. The van der Waals surface area contributed by atoms with Gasteiger partial charge in [0.15, 0.2) is 11.5 Å². The zero-order valence-electron chi connectivity index (χ0n) is 32.3. The van der Waals surface area contributed by atoms with Crippen molar-refractivity contribution in [2.24, 2.45) is 0 Å². The van der Waals surface area contributed by atoms with Crippen LogP contribution in [0.4, 0.5) is 17.6 Å². The molecule has 348 valence electrons. The average molecular weight is 1110 g/mol. The van der Waals surface area contributed by atoms with Gasteiger partial charge in [0.2, 0.25) is 0 Å². The monoisotopic (exact) mass is 1100 g/mol. The predicted molar refractivity (Wildman–Crippen MR) is 235 cm³/mol. The predicted octanol–water partition coefficient (Wildman–Crippen LogP) is 10.8. The van der Waals surface area contributed by atoms with Crippen molar-refractivity contribution >= 4 is 110 Å². The third kappa shape index (κ3) is 21.2. The second-order valence-electron chi connectivity index (χ2n) is 11.6. The molecule has 0 unspecified atom stereocenters. The van der Waals surface area contributed by atoms with Gasteiger partial charge < -0.3 is 9.47 Å². The van der Waals surface area contributed by atoms with E-state index in [2.05, 4.69) is 0 Å². The van der Waals surface area contributed by atoms with Gasteiger partial charge in [0, 0.05) is 59.5 Å². The van der Waals surface area contributed by atoms with Crippen LogP contribution in [0.1, 0.15) is 23.6 Å². The number of hydrogen-bond acceptors (Lipinski definition) is 12. The van der Waals surface area contributed by atoms with Crippen LogP contribution in [0.15, 0.2) is 134 Å². The maximum absolute atomic E-state index is 12.5. The summed E-state index contributed by atoms with van der Waals surface area (Å²) in [5, 5.41) is -0.267. The number of aryl methyl sites for hydroxylation is 2. The van der Waals surface area contributed by atoms with Gasteiger partial charge in [0.05, 0.1) is 49.3 Å². The number of halogens is 10. The number of benzene rings is 5. The van der Waals surface area contributed by atoms with Crippen LogP contribution in [0.25, 0.3) is 0 Å². The van der Waals surface area contributed by atoms with Crippen LogP contribution < -0.4 is 9.47 Å². The smallest absolute Gasteiger partial charge is 0.416 e. The molecule has 0 saturated carbocycles. The molecule has 0 fully saturated rings. The SMILES string of the molecule is CCc1ccc(S(=O)(=O)Cl)cc1.COc1ccc(S(=O)(=O)Cl)cc1OC.Cc1ccc(S(=O)(=O)Cl)cc1.O=S(=O)(Cl)c1ccc(F)c(Cl)c1.O=S(=O)(Cl)c1cccc(C(F)(F)F)c1. The molecule has 5 rings (SSSR count). The minimum atomic E-state index is -4.57. The van der Waals surface area contributed by atoms with Gasteiger partial charge in [-0.15, -0.1) is 0 Å². The van der Waals surface area contributed by atoms with Gasteiger partial charge in [-0.25, -0.2) is 46.5 Å². The molecule has 0 atom stereocenters. The molecule has 0 radical (unpaired) electrons. The van der Waals surface area contributed by atoms with Crippen LogP contribution in [0.3, 0.4) is 0 Å². The van der Waals surface area contributed by atoms with Crippen molar-refractivity contribution in [1.29, 1.82) is 0 Å². The van der Waals surface area contributed by atoms with Crippen LogP contribution in [-0.2, 0) is 57.9 Å². The lowest BCUT2D eigenvalue weighted by molar-refractivity contribution is -0.137. The molecule has 0 N–H and O–H groups in total. The Morgan fingerprint density at radius 1 is 0.508 bits per heavy atom. The quantitative estimate of drug-likeness (QED) is 0.106. The molecular weight excluding hydrogens is 1070 g/mol. The molecule has 12 nitrogen and oxygen atoms in total. The molecule has 63 heavy (non-hydrogen) atoms. The molecular formula is C36H32Cl6F4O12S5. The van der Waals surface area contributed by atoms with Crippen LogP contribution in [0.5, 0.6) is 11.5 Å². The standard InChI is InChI=1S/C8H9ClO4S.C8H9ClO2S.C7H4ClF3O2S.C7H7ClO2S.C6H3Cl2FO2S/c1-12-7-4-3-6(14(9,10)11)5-8(7)13-2;1-2-7-3-5-8(6-4-7)12(9,10)11;8-14(12,13)6-3-1-2-5(4-6)7(9,10)11;1-6-2-4-7(5-3-6)11(8,9)10;7-5-3-4(12(8,10)11)1-2-6(5)9/h3-5H,1-2H3;3-6H,2H2,1H3;1-4H;2-5H,1H3;1-3H. The second kappa shape index (κ2) is 24.4. The summed E-state index contributed by atoms with van der Waals surface area (Å²) in [7, 11) is 9.35.